The summed E-state index contributed by atoms with van der Waals surface area (Å²) in [6.45, 7) is 0.337. The van der Waals surface area contributed by atoms with Crippen molar-refractivity contribution in [3.63, 3.8) is 0 Å². The second-order valence-corrected chi connectivity index (χ2v) is 7.19. The Kier molecular flexibility index (Phi) is 4.98. The third-order valence-electron chi connectivity index (χ3n) is 4.00. The Balaban J connectivity index is 2.32. The van der Waals surface area contributed by atoms with Crippen molar-refractivity contribution < 1.29 is 21.6 Å². The van der Waals surface area contributed by atoms with E-state index < -0.39 is 27.3 Å². The Morgan fingerprint density at radius 2 is 2.04 bits per heavy atom. The van der Waals surface area contributed by atoms with Crippen LogP contribution in [-0.2, 0) is 16.2 Å². The summed E-state index contributed by atoms with van der Waals surface area (Å²) in [5, 5.41) is 8.85. The molecular formula is C14H16F3N3O2S. The van der Waals surface area contributed by atoms with Gasteiger partial charge in [-0.3, -0.25) is 0 Å². The summed E-state index contributed by atoms with van der Waals surface area (Å²) in [5.41, 5.74) is 3.72. The third kappa shape index (κ3) is 3.83. The van der Waals surface area contributed by atoms with Crippen molar-refractivity contribution >= 4 is 10.0 Å². The number of halogens is 3. The first-order valence-corrected chi connectivity index (χ1v) is 8.51. The Morgan fingerprint density at radius 1 is 1.35 bits per heavy atom. The van der Waals surface area contributed by atoms with Gasteiger partial charge in [-0.05, 0) is 43.5 Å². The monoisotopic (exact) mass is 347 g/mol. The van der Waals surface area contributed by atoms with E-state index in [9.17, 15) is 21.6 Å². The summed E-state index contributed by atoms with van der Waals surface area (Å²) in [4.78, 5) is -0.357. The molecule has 126 valence electrons. The van der Waals surface area contributed by atoms with Crippen LogP contribution in [0.15, 0.2) is 23.1 Å². The van der Waals surface area contributed by atoms with Gasteiger partial charge in [-0.15, -0.1) is 0 Å². The largest absolute Gasteiger partial charge is 0.417 e. The molecular weight excluding hydrogens is 331 g/mol. The number of rotatable bonds is 4. The Morgan fingerprint density at radius 3 is 2.61 bits per heavy atom. The molecule has 0 heterocycles. The molecule has 0 radical (unpaired) electrons. The zero-order valence-electron chi connectivity index (χ0n) is 12.1. The average Bonchev–Trinajstić information content (AvgIpc) is 2.92. The van der Waals surface area contributed by atoms with E-state index in [1.54, 1.807) is 0 Å². The molecule has 2 atom stereocenters. The van der Waals surface area contributed by atoms with Gasteiger partial charge >= 0.3 is 6.18 Å². The van der Waals surface area contributed by atoms with Crippen molar-refractivity contribution in [1.82, 2.24) is 4.72 Å². The van der Waals surface area contributed by atoms with Crippen molar-refractivity contribution in [3.05, 3.63) is 29.3 Å². The molecule has 1 aromatic carbocycles. The van der Waals surface area contributed by atoms with E-state index in [0.717, 1.165) is 25.0 Å². The minimum absolute atomic E-state index is 0.00894. The fourth-order valence-electron chi connectivity index (χ4n) is 2.77. The smallest absolute Gasteiger partial charge is 0.330 e. The lowest BCUT2D eigenvalue weighted by Gasteiger charge is -2.19. The molecule has 1 saturated carbocycles. The molecule has 0 aromatic heterocycles. The van der Waals surface area contributed by atoms with Crippen molar-refractivity contribution in [3.8, 4) is 6.07 Å². The molecule has 0 saturated heterocycles. The molecule has 1 fully saturated rings. The van der Waals surface area contributed by atoms with Crippen LogP contribution in [0.2, 0.25) is 0 Å². The van der Waals surface area contributed by atoms with Gasteiger partial charge in [-0.1, -0.05) is 6.42 Å². The summed E-state index contributed by atoms with van der Waals surface area (Å²) >= 11 is 0. The molecule has 0 spiro atoms. The minimum Gasteiger partial charge on any atom is -0.330 e. The Bertz CT molecular complexity index is 726. The highest BCUT2D eigenvalue weighted by Crippen LogP contribution is 2.33. The maximum Gasteiger partial charge on any atom is 0.417 e. The van der Waals surface area contributed by atoms with Crippen LogP contribution in [0.5, 0.6) is 0 Å². The number of nitrogens with zero attached hydrogens (tertiary/aromatic N) is 1. The van der Waals surface area contributed by atoms with Gasteiger partial charge in [0, 0.05) is 6.04 Å². The lowest BCUT2D eigenvalue weighted by Crippen LogP contribution is -2.39. The lowest BCUT2D eigenvalue weighted by molar-refractivity contribution is -0.137. The fourth-order valence-corrected chi connectivity index (χ4v) is 4.14. The van der Waals surface area contributed by atoms with Gasteiger partial charge in [0.05, 0.1) is 22.1 Å². The minimum atomic E-state index is -4.71. The highest BCUT2D eigenvalue weighted by Gasteiger charge is 2.35. The van der Waals surface area contributed by atoms with Crippen molar-refractivity contribution in [1.29, 1.82) is 5.26 Å². The number of benzene rings is 1. The van der Waals surface area contributed by atoms with Crippen LogP contribution in [0.3, 0.4) is 0 Å². The summed E-state index contributed by atoms with van der Waals surface area (Å²) in [7, 11) is -4.01. The highest BCUT2D eigenvalue weighted by molar-refractivity contribution is 7.89. The standard InChI is InChI=1S/C14H16F3N3O2S/c15-14(16,17)12-5-4-11(6-10(12)8-19)23(21,22)20-13-3-1-2-9(13)7-18/h4-6,9,13,20H,1-3,7,18H2. The molecule has 23 heavy (non-hydrogen) atoms. The third-order valence-corrected chi connectivity index (χ3v) is 5.48. The summed E-state index contributed by atoms with van der Waals surface area (Å²) < 4.78 is 65.4. The first kappa shape index (κ1) is 17.7. The van der Waals surface area contributed by atoms with Crippen LogP contribution in [0.4, 0.5) is 13.2 Å². The summed E-state index contributed by atoms with van der Waals surface area (Å²) in [5.74, 6) is 0.00894. The van der Waals surface area contributed by atoms with Crippen LogP contribution in [0.25, 0.3) is 0 Å². The number of nitrogens with one attached hydrogen (secondary N) is 1. The quantitative estimate of drug-likeness (QED) is 0.870. The zero-order chi connectivity index (χ0) is 17.3. The molecule has 1 aliphatic carbocycles. The SMILES string of the molecule is N#Cc1cc(S(=O)(=O)NC2CCCC2CN)ccc1C(F)(F)F. The predicted molar refractivity (Wildman–Crippen MR) is 76.7 cm³/mol. The number of alkyl halides is 3. The van der Waals surface area contributed by atoms with Gasteiger partial charge in [0.25, 0.3) is 0 Å². The summed E-state index contributed by atoms with van der Waals surface area (Å²) in [6, 6.07) is 3.28. The van der Waals surface area contributed by atoms with Crippen LogP contribution < -0.4 is 10.5 Å². The van der Waals surface area contributed by atoms with E-state index in [1.165, 1.54) is 6.07 Å². The molecule has 0 amide bonds. The molecule has 2 unspecified atom stereocenters. The van der Waals surface area contributed by atoms with Gasteiger partial charge in [0.15, 0.2) is 0 Å². The first-order valence-electron chi connectivity index (χ1n) is 7.03. The van der Waals surface area contributed by atoms with Crippen molar-refractivity contribution in [2.24, 2.45) is 11.7 Å². The van der Waals surface area contributed by atoms with Gasteiger partial charge in [0.2, 0.25) is 10.0 Å². The normalized spacial score (nSPS) is 22.0. The Hall–Kier alpha value is -1.63. The fraction of sp³-hybridized carbons (Fsp3) is 0.500. The lowest BCUT2D eigenvalue weighted by atomic mass is 10.1. The van der Waals surface area contributed by atoms with E-state index in [1.807, 2.05) is 0 Å². The number of hydrogen-bond acceptors (Lipinski definition) is 4. The second-order valence-electron chi connectivity index (χ2n) is 5.47. The maximum absolute atomic E-state index is 12.8. The van der Waals surface area contributed by atoms with Gasteiger partial charge < -0.3 is 5.73 Å². The number of nitrogens with two attached hydrogens (primary N) is 1. The second kappa shape index (κ2) is 6.47. The molecule has 0 aliphatic heterocycles. The van der Waals surface area contributed by atoms with Gasteiger partial charge in [0.1, 0.15) is 0 Å². The number of sulfonamides is 1. The molecule has 0 bridgehead atoms. The van der Waals surface area contributed by atoms with E-state index >= 15 is 0 Å². The zero-order valence-corrected chi connectivity index (χ0v) is 12.9. The topological polar surface area (TPSA) is 96.0 Å². The predicted octanol–water partition coefficient (Wildman–Crippen LogP) is 1.98. The van der Waals surface area contributed by atoms with E-state index in [2.05, 4.69) is 4.72 Å². The maximum atomic E-state index is 12.8. The Labute approximate surface area is 132 Å². The molecule has 1 aromatic rings. The number of hydrogen-bond donors (Lipinski definition) is 2. The van der Waals surface area contributed by atoms with Gasteiger partial charge in [-0.2, -0.15) is 18.4 Å². The van der Waals surface area contributed by atoms with Crippen molar-refractivity contribution in [2.45, 2.75) is 36.4 Å². The molecule has 1 aliphatic rings. The van der Waals surface area contributed by atoms with Crippen LogP contribution in [0.1, 0.15) is 30.4 Å². The van der Waals surface area contributed by atoms with Gasteiger partial charge in [-0.25, -0.2) is 13.1 Å². The van der Waals surface area contributed by atoms with Crippen molar-refractivity contribution in [2.75, 3.05) is 6.54 Å². The van der Waals surface area contributed by atoms with Crippen LogP contribution in [-0.4, -0.2) is 21.0 Å². The van der Waals surface area contributed by atoms with E-state index in [0.29, 0.717) is 19.0 Å². The average molecular weight is 347 g/mol. The number of nitriles is 1. The highest BCUT2D eigenvalue weighted by atomic mass is 32.2. The molecule has 5 nitrogen and oxygen atoms in total. The van der Waals surface area contributed by atoms with Crippen LogP contribution >= 0.6 is 0 Å². The molecule has 3 N–H and O–H groups in total. The molecule has 2 rings (SSSR count). The van der Waals surface area contributed by atoms with E-state index in [-0.39, 0.29) is 16.9 Å². The van der Waals surface area contributed by atoms with E-state index in [4.69, 9.17) is 11.0 Å². The summed E-state index contributed by atoms with van der Waals surface area (Å²) in [6.07, 6.45) is -2.44. The first-order chi connectivity index (χ1) is 10.7. The molecule has 9 heteroatoms. The van der Waals surface area contributed by atoms with Crippen LogP contribution in [0, 0.1) is 17.2 Å².